The van der Waals surface area contributed by atoms with E-state index in [4.69, 9.17) is 9.47 Å². The van der Waals surface area contributed by atoms with E-state index in [9.17, 15) is 29.4 Å². The highest BCUT2D eigenvalue weighted by Gasteiger charge is 2.80. The quantitative estimate of drug-likeness (QED) is 0.135. The normalized spacial score (nSPS) is 49.3. The number of allylic oxidation sites excluding steroid dienone is 8. The Balaban J connectivity index is 1.10. The largest absolute Gasteiger partial charge is 0.449 e. The summed E-state index contributed by atoms with van der Waals surface area (Å²) in [6.45, 7) is 12.7. The van der Waals surface area contributed by atoms with Crippen molar-refractivity contribution < 1.29 is 66.0 Å². The summed E-state index contributed by atoms with van der Waals surface area (Å²) in [6.07, 6.45) is -1.32. The minimum Gasteiger partial charge on any atom is -0.449 e. The SMILES string of the molecule is CCC(=O)O[C@]1(C(=O)SSSC(=O)[C@@]2(OC(=O)CC)[C@H](C)CC3C4C[C@H](F)C5=CC(=O)C=C[C@]5(C)[C@@]4(F)[C@@H](O)C[C@@]32C)[C@H](C)CC2C3C[C@H](F)C4=CC(=O)C=C[C@]4(C)[C@@]3(F)[C@@H](O)C[C@@]21C. The average Bonchev–Trinajstić information content (AvgIpc) is 3.60. The number of halogens is 4. The summed E-state index contributed by atoms with van der Waals surface area (Å²) in [5, 5.41) is 22.6. The van der Waals surface area contributed by atoms with Crippen molar-refractivity contribution in [3.63, 3.8) is 0 Å². The third kappa shape index (κ3) is 6.14. The second-order valence-corrected chi connectivity index (χ2v) is 24.8. The van der Waals surface area contributed by atoms with Gasteiger partial charge in [-0.05, 0) is 131 Å². The smallest absolute Gasteiger partial charge is 0.306 e. The summed E-state index contributed by atoms with van der Waals surface area (Å²) < 4.78 is 80.8. The Kier molecular flexibility index (Phi) is 11.9. The van der Waals surface area contributed by atoms with E-state index in [0.29, 0.717) is 21.6 Å². The van der Waals surface area contributed by atoms with Crippen LogP contribution in [0.5, 0.6) is 0 Å². The first-order valence-corrected chi connectivity index (χ1v) is 26.2. The molecule has 18 atom stereocenters. The van der Waals surface area contributed by atoms with Crippen molar-refractivity contribution in [3.8, 4) is 0 Å². The molecule has 8 aliphatic carbocycles. The van der Waals surface area contributed by atoms with Crippen molar-refractivity contribution in [2.24, 2.45) is 57.2 Å². The Bertz CT molecular complexity index is 2100. The van der Waals surface area contributed by atoms with Crippen molar-refractivity contribution in [3.05, 3.63) is 47.6 Å². The fourth-order valence-electron chi connectivity index (χ4n) is 15.1. The number of rotatable bonds is 8. The molecule has 65 heavy (non-hydrogen) atoms. The van der Waals surface area contributed by atoms with Crippen LogP contribution in [0.25, 0.3) is 0 Å². The van der Waals surface area contributed by atoms with E-state index in [1.807, 2.05) is 0 Å². The summed E-state index contributed by atoms with van der Waals surface area (Å²) in [4.78, 5) is 81.5. The Hall–Kier alpha value is -2.73. The first kappa shape index (κ1) is 48.7. The standard InChI is InChI=1S/C48H58F4O10S3/c1-9-37(57)61-47(23(3)15-27-29-19-33(49)31-17-25(53)11-13-41(31,5)45(29,51)35(55)21-43(27,47)7)39(59)63-65-64-40(60)48(62-38(58)10-2)24(4)16-28-30-20-34(50)32-18-26(54)12-14-42(32,6)46(30,52)36(56)22-44(28,48)8/h11-14,17-18,23-24,27-30,33-36,55-56H,9-10,15-16,19-22H2,1-8H3/t23-,24-,27?,28?,29?,30?,33+,34+,35+,36+,41+,42+,43+,44+,45+,46+,47+,48+/m1/s1. The van der Waals surface area contributed by atoms with Crippen LogP contribution in [0.1, 0.15) is 107 Å². The molecular formula is C48H58F4O10S3. The molecule has 0 aromatic rings. The number of carbonyl (C=O) groups excluding carboxylic acids is 6. The molecule has 0 spiro atoms. The number of alkyl halides is 4. The molecule has 6 fully saturated rings. The van der Waals surface area contributed by atoms with Crippen molar-refractivity contribution in [2.45, 2.75) is 154 Å². The molecule has 0 saturated heterocycles. The maximum absolute atomic E-state index is 18.0. The second-order valence-electron chi connectivity index (χ2n) is 20.9. The number of carbonyl (C=O) groups is 6. The van der Waals surface area contributed by atoms with Gasteiger partial charge < -0.3 is 19.7 Å². The molecule has 0 amide bonds. The lowest BCUT2D eigenvalue weighted by Gasteiger charge is -2.63. The molecule has 8 aliphatic rings. The lowest BCUT2D eigenvalue weighted by atomic mass is 9.44. The van der Waals surface area contributed by atoms with Gasteiger partial charge in [-0.3, -0.25) is 28.8 Å². The molecule has 0 aromatic heterocycles. The Labute approximate surface area is 388 Å². The zero-order valence-corrected chi connectivity index (χ0v) is 40.2. The van der Waals surface area contributed by atoms with Gasteiger partial charge in [0.25, 0.3) is 0 Å². The maximum atomic E-state index is 18.0. The predicted molar refractivity (Wildman–Crippen MR) is 237 cm³/mol. The second kappa shape index (κ2) is 15.9. The first-order chi connectivity index (χ1) is 30.2. The van der Waals surface area contributed by atoms with E-state index in [2.05, 4.69) is 0 Å². The fourth-order valence-corrected chi connectivity index (χ4v) is 19.1. The molecule has 0 aromatic carbocycles. The van der Waals surface area contributed by atoms with Crippen LogP contribution in [0.15, 0.2) is 47.6 Å². The molecule has 10 nitrogen and oxygen atoms in total. The summed E-state index contributed by atoms with van der Waals surface area (Å²) in [6, 6.07) is 0. The van der Waals surface area contributed by atoms with Gasteiger partial charge in [-0.25, -0.2) is 17.6 Å². The summed E-state index contributed by atoms with van der Waals surface area (Å²) in [5.41, 5.74) is -15.2. The number of aliphatic hydroxyl groups is 2. The van der Waals surface area contributed by atoms with Crippen LogP contribution in [0.3, 0.4) is 0 Å². The zero-order chi connectivity index (χ0) is 47.8. The van der Waals surface area contributed by atoms with Gasteiger partial charge in [0.2, 0.25) is 10.2 Å². The van der Waals surface area contributed by atoms with Crippen LogP contribution < -0.4 is 0 Å². The fraction of sp³-hybridized carbons (Fsp3) is 0.708. The molecule has 0 radical (unpaired) electrons. The molecule has 0 bridgehead atoms. The van der Waals surface area contributed by atoms with Gasteiger partial charge in [-0.1, -0.05) is 53.7 Å². The highest BCUT2D eigenvalue weighted by Crippen LogP contribution is 2.75. The van der Waals surface area contributed by atoms with Gasteiger partial charge in [0.15, 0.2) is 34.1 Å². The molecule has 0 heterocycles. The van der Waals surface area contributed by atoms with Crippen LogP contribution >= 0.6 is 31.4 Å². The maximum Gasteiger partial charge on any atom is 0.306 e. The third-order valence-electron chi connectivity index (χ3n) is 18.3. The monoisotopic (exact) mass is 966 g/mol. The van der Waals surface area contributed by atoms with Crippen LogP contribution in [-0.2, 0) is 38.2 Å². The van der Waals surface area contributed by atoms with Gasteiger partial charge in [0, 0.05) is 58.2 Å². The van der Waals surface area contributed by atoms with Gasteiger partial charge in [-0.15, -0.1) is 0 Å². The third-order valence-corrected chi connectivity index (χ3v) is 21.9. The lowest BCUT2D eigenvalue weighted by Crippen LogP contribution is -2.70. The van der Waals surface area contributed by atoms with Crippen molar-refractivity contribution in [1.29, 1.82) is 0 Å². The van der Waals surface area contributed by atoms with Crippen LogP contribution in [0.2, 0.25) is 0 Å². The number of hydrogen-bond donors (Lipinski definition) is 2. The van der Waals surface area contributed by atoms with Gasteiger partial charge in [0.1, 0.15) is 12.3 Å². The Morgan fingerprint density at radius 3 is 1.34 bits per heavy atom. The summed E-state index contributed by atoms with van der Waals surface area (Å²) in [5.74, 6) is -7.86. The van der Waals surface area contributed by atoms with E-state index in [1.54, 1.807) is 41.5 Å². The minimum absolute atomic E-state index is 0.0539. The number of ketones is 2. The van der Waals surface area contributed by atoms with E-state index >= 15 is 27.2 Å². The Morgan fingerprint density at radius 1 is 0.646 bits per heavy atom. The van der Waals surface area contributed by atoms with E-state index < -0.39 is 138 Å². The van der Waals surface area contributed by atoms with E-state index in [1.165, 1.54) is 38.2 Å². The molecule has 8 rings (SSSR count). The molecule has 17 heteroatoms. The highest BCUT2D eigenvalue weighted by atomic mass is 33.5. The van der Waals surface area contributed by atoms with Crippen molar-refractivity contribution in [1.82, 2.24) is 0 Å². The number of hydrogen-bond acceptors (Lipinski definition) is 13. The summed E-state index contributed by atoms with van der Waals surface area (Å²) >= 11 is 0. The molecule has 0 aliphatic heterocycles. The number of esters is 2. The topological polar surface area (TPSA) is 161 Å². The van der Waals surface area contributed by atoms with Crippen LogP contribution in [0, 0.1) is 57.2 Å². The number of ether oxygens (including phenoxy) is 2. The van der Waals surface area contributed by atoms with Crippen LogP contribution in [0.4, 0.5) is 17.6 Å². The van der Waals surface area contributed by atoms with Gasteiger partial charge in [-0.2, -0.15) is 0 Å². The average molecular weight is 967 g/mol. The molecule has 4 unspecified atom stereocenters. The van der Waals surface area contributed by atoms with Gasteiger partial charge in [0.05, 0.1) is 12.2 Å². The van der Waals surface area contributed by atoms with E-state index in [0.717, 1.165) is 22.0 Å². The van der Waals surface area contributed by atoms with Crippen molar-refractivity contribution >= 4 is 65.1 Å². The minimum atomic E-state index is -2.45. The first-order valence-electron chi connectivity index (χ1n) is 22.7. The molecule has 2 N–H and O–H groups in total. The highest BCUT2D eigenvalue weighted by molar-refractivity contribution is 9.14. The van der Waals surface area contributed by atoms with E-state index in [-0.39, 0.29) is 62.5 Å². The van der Waals surface area contributed by atoms with Crippen LogP contribution in [-0.4, -0.2) is 91.0 Å². The zero-order valence-electron chi connectivity index (χ0n) is 37.8. The summed E-state index contributed by atoms with van der Waals surface area (Å²) in [7, 11) is 1.92. The number of aliphatic hydroxyl groups excluding tert-OH is 2. The predicted octanol–water partition coefficient (Wildman–Crippen LogP) is 8.58. The Morgan fingerprint density at radius 2 is 1.00 bits per heavy atom. The lowest BCUT2D eigenvalue weighted by molar-refractivity contribution is -0.228. The molecular weight excluding hydrogens is 909 g/mol. The molecule has 356 valence electrons. The van der Waals surface area contributed by atoms with Crippen molar-refractivity contribution in [2.75, 3.05) is 0 Å². The van der Waals surface area contributed by atoms with Gasteiger partial charge >= 0.3 is 11.9 Å². The number of fused-ring (bicyclic) bond motifs is 10. The molecule has 6 saturated carbocycles.